The maximum absolute atomic E-state index is 13.5. The molecule has 5 aromatic rings. The fraction of sp³-hybridized carbons (Fsp3) is 0.0741. The van der Waals surface area contributed by atoms with Crippen LogP contribution in [0.25, 0.3) is 33.4 Å². The number of aryl methyl sites for hydroxylation is 1. The van der Waals surface area contributed by atoms with Crippen molar-refractivity contribution < 1.29 is 4.79 Å². The second-order valence-electron chi connectivity index (χ2n) is 7.96. The number of benzene rings is 3. The number of fused-ring (bicyclic) bond motifs is 1. The third kappa shape index (κ3) is 4.30. The lowest BCUT2D eigenvalue weighted by Crippen LogP contribution is -2.15. The number of carbonyl (C=O) groups excluding carboxylic acids is 1. The number of hydrogen-bond acceptors (Lipinski definition) is 4. The number of nitrogens with zero attached hydrogens (tertiary/aromatic N) is 2. The molecule has 2 aromatic heterocycles. The number of thiazole rings is 1. The van der Waals surface area contributed by atoms with Crippen molar-refractivity contribution in [3.8, 4) is 22.5 Å². The van der Waals surface area contributed by atoms with Crippen molar-refractivity contribution in [1.29, 1.82) is 0 Å². The molecule has 0 aliphatic heterocycles. The number of pyridine rings is 1. The smallest absolute Gasteiger partial charge is 0.258 e. The zero-order valence-corrected chi connectivity index (χ0v) is 20.7. The zero-order valence-electron chi connectivity index (χ0n) is 18.4. The van der Waals surface area contributed by atoms with Gasteiger partial charge in [-0.25, -0.2) is 9.97 Å². The van der Waals surface area contributed by atoms with E-state index in [1.54, 1.807) is 12.1 Å². The first-order valence-electron chi connectivity index (χ1n) is 10.6. The van der Waals surface area contributed by atoms with E-state index in [0.29, 0.717) is 26.4 Å². The molecule has 0 aliphatic rings. The summed E-state index contributed by atoms with van der Waals surface area (Å²) >= 11 is 13.7. The van der Waals surface area contributed by atoms with E-state index in [-0.39, 0.29) is 5.91 Å². The Morgan fingerprint density at radius 1 is 0.941 bits per heavy atom. The molecule has 0 radical (unpaired) electrons. The van der Waals surface area contributed by atoms with E-state index < -0.39 is 0 Å². The molecule has 5 rings (SSSR count). The van der Waals surface area contributed by atoms with Gasteiger partial charge in [0.2, 0.25) is 0 Å². The monoisotopic (exact) mass is 503 g/mol. The van der Waals surface area contributed by atoms with Crippen LogP contribution in [-0.4, -0.2) is 15.9 Å². The molecule has 0 saturated heterocycles. The Morgan fingerprint density at radius 2 is 1.71 bits per heavy atom. The molecule has 1 N–H and O–H groups in total. The molecule has 0 bridgehead atoms. The third-order valence-corrected chi connectivity index (χ3v) is 6.93. The number of amides is 1. The van der Waals surface area contributed by atoms with Crippen molar-refractivity contribution in [3.05, 3.63) is 98.8 Å². The summed E-state index contributed by atoms with van der Waals surface area (Å²) in [6, 6.07) is 21.1. The van der Waals surface area contributed by atoms with Gasteiger partial charge in [-0.15, -0.1) is 11.3 Å². The van der Waals surface area contributed by atoms with Crippen LogP contribution in [0.15, 0.2) is 72.1 Å². The summed E-state index contributed by atoms with van der Waals surface area (Å²) < 4.78 is 0. The zero-order chi connectivity index (χ0) is 23.8. The van der Waals surface area contributed by atoms with Gasteiger partial charge in [0, 0.05) is 26.9 Å². The molecule has 0 unspecified atom stereocenters. The van der Waals surface area contributed by atoms with Crippen molar-refractivity contribution in [2.45, 2.75) is 13.8 Å². The predicted molar refractivity (Wildman–Crippen MR) is 142 cm³/mol. The van der Waals surface area contributed by atoms with Gasteiger partial charge in [-0.05, 0) is 43.7 Å². The average molecular weight is 504 g/mol. The van der Waals surface area contributed by atoms with Crippen molar-refractivity contribution in [2.75, 3.05) is 5.32 Å². The van der Waals surface area contributed by atoms with Crippen LogP contribution < -0.4 is 5.32 Å². The normalized spacial score (nSPS) is 11.1. The molecular weight excluding hydrogens is 485 g/mol. The van der Waals surface area contributed by atoms with Crippen LogP contribution in [0.2, 0.25) is 10.0 Å². The van der Waals surface area contributed by atoms with E-state index in [1.165, 1.54) is 16.9 Å². The van der Waals surface area contributed by atoms with Gasteiger partial charge in [0.15, 0.2) is 5.13 Å². The van der Waals surface area contributed by atoms with Crippen molar-refractivity contribution >= 4 is 56.5 Å². The van der Waals surface area contributed by atoms with Gasteiger partial charge in [0.25, 0.3) is 5.91 Å². The Morgan fingerprint density at radius 3 is 2.47 bits per heavy atom. The minimum absolute atomic E-state index is 0.229. The predicted octanol–water partition coefficient (Wildman–Crippen LogP) is 8.20. The van der Waals surface area contributed by atoms with Gasteiger partial charge in [0.05, 0.1) is 27.5 Å². The molecule has 4 nitrogen and oxygen atoms in total. The fourth-order valence-corrected chi connectivity index (χ4v) is 5.11. The SMILES string of the molecule is Cc1ccc(-c2nc3ccccc3c(C(=O)Nc3nc(-c4ccc(Cl)cc4Cl)cs3)c2C)cc1. The molecule has 2 heterocycles. The summed E-state index contributed by atoms with van der Waals surface area (Å²) in [6.45, 7) is 3.98. The highest BCUT2D eigenvalue weighted by Gasteiger charge is 2.20. The van der Waals surface area contributed by atoms with Crippen molar-refractivity contribution in [1.82, 2.24) is 9.97 Å². The molecule has 7 heteroatoms. The van der Waals surface area contributed by atoms with Crippen LogP contribution in [0.5, 0.6) is 0 Å². The second kappa shape index (κ2) is 9.18. The van der Waals surface area contributed by atoms with Crippen LogP contribution in [0.4, 0.5) is 5.13 Å². The van der Waals surface area contributed by atoms with E-state index >= 15 is 0 Å². The maximum atomic E-state index is 13.5. The van der Waals surface area contributed by atoms with Crippen LogP contribution in [0.3, 0.4) is 0 Å². The van der Waals surface area contributed by atoms with Crippen LogP contribution in [0.1, 0.15) is 21.5 Å². The Hall–Kier alpha value is -3.25. The lowest BCUT2D eigenvalue weighted by atomic mass is 9.97. The van der Waals surface area contributed by atoms with E-state index in [0.717, 1.165) is 33.3 Å². The highest BCUT2D eigenvalue weighted by Crippen LogP contribution is 2.34. The molecule has 0 fully saturated rings. The molecule has 34 heavy (non-hydrogen) atoms. The summed E-state index contributed by atoms with van der Waals surface area (Å²) in [5.41, 5.74) is 6.53. The first-order valence-corrected chi connectivity index (χ1v) is 12.2. The van der Waals surface area contributed by atoms with Gasteiger partial charge in [-0.1, -0.05) is 71.2 Å². The lowest BCUT2D eigenvalue weighted by Gasteiger charge is -2.14. The molecule has 0 aliphatic carbocycles. The lowest BCUT2D eigenvalue weighted by molar-refractivity contribution is 0.102. The minimum atomic E-state index is -0.229. The summed E-state index contributed by atoms with van der Waals surface area (Å²) in [6.07, 6.45) is 0. The Bertz CT molecular complexity index is 1540. The van der Waals surface area contributed by atoms with Gasteiger partial charge in [-0.3, -0.25) is 10.1 Å². The summed E-state index contributed by atoms with van der Waals surface area (Å²) in [4.78, 5) is 23.0. The van der Waals surface area contributed by atoms with Gasteiger partial charge in [0.1, 0.15) is 0 Å². The highest BCUT2D eigenvalue weighted by atomic mass is 35.5. The van der Waals surface area contributed by atoms with E-state index in [1.807, 2.05) is 73.8 Å². The third-order valence-electron chi connectivity index (χ3n) is 5.62. The highest BCUT2D eigenvalue weighted by molar-refractivity contribution is 7.14. The van der Waals surface area contributed by atoms with E-state index in [2.05, 4.69) is 10.3 Å². The number of rotatable bonds is 4. The number of anilines is 1. The maximum Gasteiger partial charge on any atom is 0.258 e. The van der Waals surface area contributed by atoms with Gasteiger partial charge in [-0.2, -0.15) is 0 Å². The molecule has 0 atom stereocenters. The first kappa shape index (κ1) is 22.5. The van der Waals surface area contributed by atoms with Gasteiger partial charge < -0.3 is 0 Å². The van der Waals surface area contributed by atoms with Crippen LogP contribution in [0, 0.1) is 13.8 Å². The minimum Gasteiger partial charge on any atom is -0.298 e. The molecular formula is C27H19Cl2N3OS. The number of hydrogen-bond donors (Lipinski definition) is 1. The quantitative estimate of drug-likeness (QED) is 0.268. The van der Waals surface area contributed by atoms with Crippen molar-refractivity contribution in [3.63, 3.8) is 0 Å². The van der Waals surface area contributed by atoms with Crippen LogP contribution in [-0.2, 0) is 0 Å². The van der Waals surface area contributed by atoms with Crippen molar-refractivity contribution in [2.24, 2.45) is 0 Å². The largest absolute Gasteiger partial charge is 0.298 e. The Balaban J connectivity index is 1.54. The summed E-state index contributed by atoms with van der Waals surface area (Å²) in [7, 11) is 0. The summed E-state index contributed by atoms with van der Waals surface area (Å²) in [5, 5.41) is 7.18. The fourth-order valence-electron chi connectivity index (χ4n) is 3.90. The second-order valence-corrected chi connectivity index (χ2v) is 9.66. The number of nitrogens with one attached hydrogen (secondary N) is 1. The van der Waals surface area contributed by atoms with Crippen LogP contribution >= 0.6 is 34.5 Å². The molecule has 0 spiro atoms. The Kier molecular flexibility index (Phi) is 6.09. The van der Waals surface area contributed by atoms with Gasteiger partial charge >= 0.3 is 0 Å². The molecule has 1 amide bonds. The number of aromatic nitrogens is 2. The van der Waals surface area contributed by atoms with E-state index in [9.17, 15) is 4.79 Å². The number of halogens is 2. The topological polar surface area (TPSA) is 54.9 Å². The molecule has 168 valence electrons. The van der Waals surface area contributed by atoms with E-state index in [4.69, 9.17) is 28.2 Å². The molecule has 3 aromatic carbocycles. The Labute approximate surface area is 211 Å². The number of para-hydroxylation sites is 1. The first-order chi connectivity index (χ1) is 16.4. The average Bonchev–Trinajstić information content (AvgIpc) is 3.27. The summed E-state index contributed by atoms with van der Waals surface area (Å²) in [5.74, 6) is -0.229. The number of carbonyl (C=O) groups is 1. The standard InChI is InChI=1S/C27H19Cl2N3OS/c1-15-7-9-17(10-8-15)25-16(2)24(20-5-3-4-6-22(20)30-25)26(33)32-27-31-23(14-34-27)19-12-11-18(28)13-21(19)29/h3-14H,1-2H3,(H,31,32,33). The molecule has 0 saturated carbocycles.